The van der Waals surface area contributed by atoms with Gasteiger partial charge in [-0.3, -0.25) is 14.4 Å². The molecule has 1 N–H and O–H groups in total. The number of hydrogen-bond acceptors (Lipinski definition) is 11. The highest BCUT2D eigenvalue weighted by molar-refractivity contribution is 7.98. The summed E-state index contributed by atoms with van der Waals surface area (Å²) in [5.74, 6) is 0. The molecule has 3 heterocycles. The lowest BCUT2D eigenvalue weighted by Crippen LogP contribution is -2.39. The van der Waals surface area contributed by atoms with E-state index in [-0.39, 0.29) is 32.5 Å². The molecule has 0 aliphatic carbocycles. The topological polar surface area (TPSA) is 163 Å². The number of aromatic nitrogens is 4. The molecule has 0 saturated carbocycles. The van der Waals surface area contributed by atoms with Crippen LogP contribution in [-0.2, 0) is 19.5 Å². The molecule has 1 saturated heterocycles. The molecular weight excluding hydrogens is 608 g/mol. The molecule has 0 amide bonds. The Labute approximate surface area is 259 Å². The number of benzene rings is 2. The first-order valence-electron chi connectivity index (χ1n) is 14.2. The van der Waals surface area contributed by atoms with Crippen molar-refractivity contribution >= 4 is 44.1 Å². The Morgan fingerprint density at radius 3 is 2.77 bits per heavy atom. The largest absolute Gasteiger partial charge is 0.394 e. The van der Waals surface area contributed by atoms with Crippen molar-refractivity contribution < 1.29 is 27.9 Å². The number of nitrogens with zero attached hydrogens (tertiary/aromatic N) is 6. The molecule has 44 heavy (non-hydrogen) atoms. The minimum Gasteiger partial charge on any atom is -0.394 e. The van der Waals surface area contributed by atoms with E-state index in [1.54, 1.807) is 37.4 Å². The molecule has 0 spiro atoms. The minimum atomic E-state index is -4.44. The van der Waals surface area contributed by atoms with Gasteiger partial charge >= 0.3 is 0 Å². The second-order valence-electron chi connectivity index (χ2n) is 10.2. The van der Waals surface area contributed by atoms with Crippen LogP contribution in [0.1, 0.15) is 38.8 Å². The number of para-hydroxylation sites is 1. The second kappa shape index (κ2) is 14.0. The number of rotatable bonds is 13. The van der Waals surface area contributed by atoms with Crippen molar-refractivity contribution in [2.45, 2.75) is 54.9 Å². The van der Waals surface area contributed by atoms with E-state index in [2.05, 4.69) is 9.97 Å². The van der Waals surface area contributed by atoms with Gasteiger partial charge in [-0.2, -0.15) is 5.10 Å². The van der Waals surface area contributed by atoms with Crippen LogP contribution < -0.4 is 4.31 Å². The van der Waals surface area contributed by atoms with Gasteiger partial charge in [-0.15, -0.1) is 0 Å². The van der Waals surface area contributed by atoms with Crippen LogP contribution in [0.25, 0.3) is 22.3 Å². The minimum absolute atomic E-state index is 0.109. The zero-order chi connectivity index (χ0) is 31.3. The number of fused-ring (bicyclic) bond motifs is 1. The van der Waals surface area contributed by atoms with Crippen LogP contribution in [-0.4, -0.2) is 76.9 Å². The van der Waals surface area contributed by atoms with Gasteiger partial charge in [-0.1, -0.05) is 23.9 Å². The van der Waals surface area contributed by atoms with E-state index in [9.17, 15) is 18.5 Å². The molecule has 1 aliphatic heterocycles. The molecule has 13 nitrogen and oxygen atoms in total. The predicted molar refractivity (Wildman–Crippen MR) is 166 cm³/mol. The Bertz CT molecular complexity index is 1730. The molecule has 5 rings (SSSR count). The number of sulfonamides is 1. The highest BCUT2D eigenvalue weighted by Gasteiger charge is 2.35. The summed E-state index contributed by atoms with van der Waals surface area (Å²) in [6.45, 7) is 2.45. The summed E-state index contributed by atoms with van der Waals surface area (Å²) in [6, 6.07) is 11.6. The highest BCUT2D eigenvalue weighted by atomic mass is 32.2. The molecule has 0 radical (unpaired) electrons. The molecule has 2 aromatic carbocycles. The summed E-state index contributed by atoms with van der Waals surface area (Å²) < 4.78 is 43.1. The Morgan fingerprint density at radius 1 is 1.23 bits per heavy atom. The summed E-state index contributed by atoms with van der Waals surface area (Å²) in [4.78, 5) is 19.7. The number of hydrogen-bond donors (Lipinski definition) is 1. The van der Waals surface area contributed by atoms with Crippen LogP contribution in [0.2, 0.25) is 0 Å². The van der Waals surface area contributed by atoms with Crippen molar-refractivity contribution in [1.29, 1.82) is 0 Å². The van der Waals surface area contributed by atoms with E-state index in [4.69, 9.17) is 19.7 Å². The van der Waals surface area contributed by atoms with Gasteiger partial charge in [-0.05, 0) is 69.2 Å². The Morgan fingerprint density at radius 2 is 2.05 bits per heavy atom. The van der Waals surface area contributed by atoms with Crippen molar-refractivity contribution in [3.05, 3.63) is 64.8 Å². The summed E-state index contributed by atoms with van der Waals surface area (Å²) >= 11 is 1.39. The monoisotopic (exact) mass is 642 g/mol. The first-order valence-corrected chi connectivity index (χ1v) is 16.9. The molecular formula is C29H34N6O7S2. The normalized spacial score (nSPS) is 16.2. The third kappa shape index (κ3) is 6.56. The van der Waals surface area contributed by atoms with E-state index in [1.807, 2.05) is 10.9 Å². The molecule has 234 valence electrons. The van der Waals surface area contributed by atoms with Gasteiger partial charge in [0.05, 0.1) is 35.0 Å². The molecule has 2 unspecified atom stereocenters. The second-order valence-corrected chi connectivity index (χ2v) is 12.8. The van der Waals surface area contributed by atoms with Gasteiger partial charge in [0.2, 0.25) is 0 Å². The first kappa shape index (κ1) is 31.8. The fraction of sp³-hybridized carbons (Fsp3) is 0.414. The van der Waals surface area contributed by atoms with Crippen molar-refractivity contribution in [2.75, 3.05) is 37.0 Å². The molecule has 2 aromatic heterocycles. The summed E-state index contributed by atoms with van der Waals surface area (Å²) in [7, 11) is -4.44. The number of aliphatic hydroxyl groups excluding tert-OH is 1. The summed E-state index contributed by atoms with van der Waals surface area (Å²) in [6.07, 6.45) is 6.24. The molecule has 4 aromatic rings. The first-order chi connectivity index (χ1) is 21.3. The molecule has 1 fully saturated rings. The van der Waals surface area contributed by atoms with Crippen LogP contribution in [0.4, 0.5) is 11.4 Å². The number of ether oxygens (including phenoxy) is 2. The Kier molecular flexibility index (Phi) is 10.1. The van der Waals surface area contributed by atoms with Crippen molar-refractivity contribution in [3.8, 4) is 11.4 Å². The van der Waals surface area contributed by atoms with Gasteiger partial charge in [0.15, 0.2) is 16.3 Å². The maximum absolute atomic E-state index is 14.3. The molecule has 15 heteroatoms. The van der Waals surface area contributed by atoms with Crippen LogP contribution >= 0.6 is 11.8 Å². The van der Waals surface area contributed by atoms with E-state index in [0.717, 1.165) is 24.8 Å². The van der Waals surface area contributed by atoms with Gasteiger partial charge in [0.1, 0.15) is 5.69 Å². The highest BCUT2D eigenvalue weighted by Crippen LogP contribution is 2.38. The molecule has 0 bridgehead atoms. The fourth-order valence-corrected chi connectivity index (χ4v) is 7.46. The SMILES string of the molecule is CSc1nccc(-c2nn(C3CCCCO3)c3ccc(N(C(C)CCOCCO)S(=O)(=O)c4ccccc4[N+](=O)[O-])cc23)n1. The van der Waals surface area contributed by atoms with Crippen LogP contribution in [0.15, 0.2) is 64.8 Å². The number of thioether (sulfide) groups is 1. The lowest BCUT2D eigenvalue weighted by atomic mass is 10.1. The zero-order valence-electron chi connectivity index (χ0n) is 24.4. The fourth-order valence-electron chi connectivity index (χ4n) is 5.26. The number of nitro groups is 1. The lowest BCUT2D eigenvalue weighted by molar-refractivity contribution is -0.387. The number of anilines is 1. The van der Waals surface area contributed by atoms with Gasteiger partial charge in [0.25, 0.3) is 15.7 Å². The number of nitro benzene ring substituents is 1. The van der Waals surface area contributed by atoms with E-state index < -0.39 is 31.6 Å². The van der Waals surface area contributed by atoms with Crippen LogP contribution in [0, 0.1) is 10.1 Å². The summed E-state index contributed by atoms with van der Waals surface area (Å²) in [5, 5.41) is 27.1. The molecule has 1 aliphatic rings. The maximum atomic E-state index is 14.3. The number of aliphatic hydroxyl groups is 1. The molecule has 2 atom stereocenters. The summed E-state index contributed by atoms with van der Waals surface area (Å²) in [5.41, 5.74) is 1.63. The van der Waals surface area contributed by atoms with E-state index >= 15 is 0 Å². The van der Waals surface area contributed by atoms with Gasteiger partial charge in [0, 0.05) is 36.9 Å². The van der Waals surface area contributed by atoms with E-state index in [1.165, 1.54) is 40.3 Å². The lowest BCUT2D eigenvalue weighted by Gasteiger charge is -2.30. The van der Waals surface area contributed by atoms with Crippen molar-refractivity contribution in [1.82, 2.24) is 19.7 Å². The predicted octanol–water partition coefficient (Wildman–Crippen LogP) is 4.81. The van der Waals surface area contributed by atoms with Gasteiger partial charge < -0.3 is 14.6 Å². The zero-order valence-corrected chi connectivity index (χ0v) is 26.0. The Balaban J connectivity index is 1.69. The quantitative estimate of drug-likeness (QED) is 0.0700. The standard InChI is InChI=1S/C29H34N6O7S2/c1-20(13-17-41-18-15-36)34(44(39,40)26-8-4-3-7-25(26)35(37)38)21-10-11-24-22(19-21)28(23-12-14-30-29(31-23)43-2)32-33(24)27-9-5-6-16-42-27/h3-4,7-8,10-12,14,19-20,27,36H,5-6,9,13,15-18H2,1-2H3. The third-order valence-electron chi connectivity index (χ3n) is 7.35. The van der Waals surface area contributed by atoms with Gasteiger partial charge in [-0.25, -0.2) is 23.1 Å². The smallest absolute Gasteiger partial charge is 0.289 e. The van der Waals surface area contributed by atoms with Crippen molar-refractivity contribution in [2.24, 2.45) is 0 Å². The third-order valence-corrected chi connectivity index (χ3v) is 9.90. The van der Waals surface area contributed by atoms with Crippen LogP contribution in [0.5, 0.6) is 0 Å². The van der Waals surface area contributed by atoms with Crippen molar-refractivity contribution in [3.63, 3.8) is 0 Å². The van der Waals surface area contributed by atoms with E-state index in [0.29, 0.717) is 34.2 Å². The Hall–Kier alpha value is -3.63. The van der Waals surface area contributed by atoms with Crippen LogP contribution in [0.3, 0.4) is 0 Å². The average molecular weight is 643 g/mol. The average Bonchev–Trinajstić information content (AvgIpc) is 3.42. The maximum Gasteiger partial charge on any atom is 0.289 e.